The van der Waals surface area contributed by atoms with Gasteiger partial charge in [0.25, 0.3) is 0 Å². The Kier molecular flexibility index (Phi) is 10.1. The van der Waals surface area contributed by atoms with E-state index in [9.17, 15) is 19.5 Å². The van der Waals surface area contributed by atoms with Crippen LogP contribution < -0.4 is 0 Å². The Hall–Kier alpha value is -3.42. The molecule has 1 spiro atoms. The third-order valence-corrected chi connectivity index (χ3v) is 9.21. The molecule has 44 heavy (non-hydrogen) atoms. The van der Waals surface area contributed by atoms with Crippen molar-refractivity contribution in [1.29, 1.82) is 0 Å². The van der Waals surface area contributed by atoms with Gasteiger partial charge in [-0.2, -0.15) is 0 Å². The predicted octanol–water partition coefficient (Wildman–Crippen LogP) is 3.92. The number of carbonyl (C=O) groups is 3. The summed E-state index contributed by atoms with van der Waals surface area (Å²) in [5.74, 6) is -3.99. The summed E-state index contributed by atoms with van der Waals surface area (Å²) in [6.07, 6.45) is 2.83. The summed E-state index contributed by atoms with van der Waals surface area (Å²) in [4.78, 5) is 33.9. The SMILES string of the molecule is CSc1ccc(C2(O)CCC3(CC2CN(C)C)OCCc2c3oc3ccccc23)cc1.O=C(O)CC(O)(CC(=O)O)C(=O)O. The second-order valence-corrected chi connectivity index (χ2v) is 12.7. The smallest absolute Gasteiger partial charge is 0.336 e. The maximum atomic E-state index is 12.0. The summed E-state index contributed by atoms with van der Waals surface area (Å²) < 4.78 is 12.9. The predicted molar refractivity (Wildman–Crippen MR) is 163 cm³/mol. The number of fused-ring (bicyclic) bond motifs is 4. The van der Waals surface area contributed by atoms with Crippen LogP contribution in [-0.2, 0) is 36.7 Å². The minimum Gasteiger partial charge on any atom is -0.481 e. The zero-order valence-corrected chi connectivity index (χ0v) is 25.8. The summed E-state index contributed by atoms with van der Waals surface area (Å²) >= 11 is 1.72. The first kappa shape index (κ1) is 33.5. The maximum absolute atomic E-state index is 12.0. The highest BCUT2D eigenvalue weighted by Gasteiger charge is 2.54. The van der Waals surface area contributed by atoms with Gasteiger partial charge in [-0.05, 0) is 69.8 Å². The van der Waals surface area contributed by atoms with Crippen LogP contribution in [0.5, 0.6) is 0 Å². The van der Waals surface area contributed by atoms with Crippen LogP contribution in [-0.4, -0.2) is 87.4 Å². The average molecular weight is 630 g/mol. The highest BCUT2D eigenvalue weighted by Crippen LogP contribution is 2.54. The number of nitrogens with zero attached hydrogens (tertiary/aromatic N) is 1. The lowest BCUT2D eigenvalue weighted by atomic mass is 9.64. The fourth-order valence-corrected chi connectivity index (χ4v) is 6.77. The number of hydrogen-bond donors (Lipinski definition) is 5. The molecule has 2 aromatic carbocycles. The number of carboxylic acids is 3. The monoisotopic (exact) mass is 629 g/mol. The molecule has 5 rings (SSSR count). The quantitative estimate of drug-likeness (QED) is 0.216. The average Bonchev–Trinajstić information content (AvgIpc) is 3.35. The third-order valence-electron chi connectivity index (χ3n) is 8.46. The number of aliphatic hydroxyl groups is 2. The van der Waals surface area contributed by atoms with Gasteiger partial charge in [-0.3, -0.25) is 9.59 Å². The standard InChI is InChI=1S/C26H31NO3S.C6H8O7/c1-27(2)17-19-16-25(13-14-26(19,28)18-8-10-20(31-3)11-9-18)24-22(12-15-29-25)21-6-4-5-7-23(21)30-24;7-3(8)1-6(13,5(11)12)2-4(9)10/h4-11,19,28H,12-17H2,1-3H3;13H,1-2H2,(H,7,8)(H,9,10)(H,11,12). The molecule has 5 N–H and O–H groups in total. The number of rotatable bonds is 9. The number of furan rings is 1. The summed E-state index contributed by atoms with van der Waals surface area (Å²) in [6.45, 7) is 1.49. The molecule has 3 atom stereocenters. The van der Waals surface area contributed by atoms with Crippen LogP contribution in [0.3, 0.4) is 0 Å². The molecule has 0 saturated heterocycles. The molecule has 3 aromatic rings. The molecule has 3 unspecified atom stereocenters. The van der Waals surface area contributed by atoms with Gasteiger partial charge in [-0.1, -0.05) is 30.3 Å². The van der Waals surface area contributed by atoms with Crippen molar-refractivity contribution in [2.24, 2.45) is 5.92 Å². The molecule has 11 nitrogen and oxygen atoms in total. The summed E-state index contributed by atoms with van der Waals surface area (Å²) in [7, 11) is 4.15. The zero-order valence-electron chi connectivity index (χ0n) is 25.0. The molecule has 2 aliphatic rings. The largest absolute Gasteiger partial charge is 0.481 e. The summed E-state index contributed by atoms with van der Waals surface area (Å²) in [5.41, 5.74) is -0.835. The van der Waals surface area contributed by atoms with Crippen LogP contribution in [0.25, 0.3) is 11.0 Å². The molecule has 0 amide bonds. The molecule has 1 saturated carbocycles. The van der Waals surface area contributed by atoms with Gasteiger partial charge >= 0.3 is 17.9 Å². The molecule has 238 valence electrons. The van der Waals surface area contributed by atoms with E-state index in [4.69, 9.17) is 29.6 Å². The van der Waals surface area contributed by atoms with Crippen molar-refractivity contribution in [1.82, 2.24) is 4.90 Å². The highest BCUT2D eigenvalue weighted by molar-refractivity contribution is 7.98. The number of aliphatic carboxylic acids is 3. The van der Waals surface area contributed by atoms with Crippen LogP contribution in [0, 0.1) is 5.92 Å². The van der Waals surface area contributed by atoms with Crippen molar-refractivity contribution in [3.8, 4) is 0 Å². The van der Waals surface area contributed by atoms with E-state index >= 15 is 0 Å². The molecular formula is C32H39NO10S. The normalized spacial score (nSPS) is 23.2. The molecular weight excluding hydrogens is 590 g/mol. The van der Waals surface area contributed by atoms with Gasteiger partial charge in [0, 0.05) is 28.3 Å². The Balaban J connectivity index is 0.000000289. The van der Waals surface area contributed by atoms with Crippen molar-refractivity contribution < 1.29 is 49.1 Å². The van der Waals surface area contributed by atoms with E-state index in [1.165, 1.54) is 15.8 Å². The Labute approximate surface area is 259 Å². The van der Waals surface area contributed by atoms with E-state index in [0.717, 1.165) is 42.7 Å². The van der Waals surface area contributed by atoms with Gasteiger partial charge in [0.15, 0.2) is 5.60 Å². The minimum atomic E-state index is -2.74. The van der Waals surface area contributed by atoms with Crippen LogP contribution >= 0.6 is 11.8 Å². The van der Waals surface area contributed by atoms with Gasteiger partial charge in [-0.15, -0.1) is 11.8 Å². The fraction of sp³-hybridized carbons (Fsp3) is 0.469. The van der Waals surface area contributed by atoms with E-state index < -0.39 is 47.6 Å². The lowest BCUT2D eigenvalue weighted by molar-refractivity contribution is -0.171. The zero-order chi connectivity index (χ0) is 32.3. The molecule has 1 fully saturated rings. The molecule has 2 heterocycles. The van der Waals surface area contributed by atoms with Crippen LogP contribution in [0.15, 0.2) is 57.8 Å². The number of benzene rings is 2. The summed E-state index contributed by atoms with van der Waals surface area (Å²) in [6, 6.07) is 16.7. The van der Waals surface area contributed by atoms with Crippen molar-refractivity contribution in [3.05, 3.63) is 65.4 Å². The highest BCUT2D eigenvalue weighted by atomic mass is 32.2. The minimum absolute atomic E-state index is 0.0375. The Morgan fingerprint density at radius 1 is 1.00 bits per heavy atom. The van der Waals surface area contributed by atoms with Crippen molar-refractivity contribution >= 4 is 40.6 Å². The number of para-hydroxylation sites is 1. The molecule has 1 aromatic heterocycles. The van der Waals surface area contributed by atoms with E-state index in [0.29, 0.717) is 13.0 Å². The van der Waals surface area contributed by atoms with Crippen molar-refractivity contribution in [3.63, 3.8) is 0 Å². The van der Waals surface area contributed by atoms with Crippen molar-refractivity contribution in [2.45, 2.75) is 60.2 Å². The Morgan fingerprint density at radius 3 is 2.20 bits per heavy atom. The van der Waals surface area contributed by atoms with Gasteiger partial charge < -0.3 is 39.6 Å². The lowest BCUT2D eigenvalue weighted by Gasteiger charge is -2.50. The molecule has 0 radical (unpaired) electrons. The first-order chi connectivity index (χ1) is 20.7. The second kappa shape index (κ2) is 13.3. The van der Waals surface area contributed by atoms with Crippen LogP contribution in [0.2, 0.25) is 0 Å². The number of thioether (sulfide) groups is 1. The maximum Gasteiger partial charge on any atom is 0.336 e. The number of hydrogen-bond acceptors (Lipinski definition) is 9. The topological polar surface area (TPSA) is 178 Å². The Bertz CT molecular complexity index is 1490. The van der Waals surface area contributed by atoms with Crippen LogP contribution in [0.1, 0.15) is 49.0 Å². The van der Waals surface area contributed by atoms with Gasteiger partial charge in [-0.25, -0.2) is 4.79 Å². The van der Waals surface area contributed by atoms with E-state index in [-0.39, 0.29) is 5.92 Å². The first-order valence-electron chi connectivity index (χ1n) is 14.3. The third kappa shape index (κ3) is 6.94. The van der Waals surface area contributed by atoms with E-state index in [1.807, 2.05) is 12.1 Å². The number of ether oxygens (including phenoxy) is 1. The van der Waals surface area contributed by atoms with Gasteiger partial charge in [0.2, 0.25) is 0 Å². The van der Waals surface area contributed by atoms with Gasteiger partial charge in [0.1, 0.15) is 16.9 Å². The van der Waals surface area contributed by atoms with Crippen molar-refractivity contribution in [2.75, 3.05) is 33.5 Å². The fourth-order valence-electron chi connectivity index (χ4n) is 6.36. The molecule has 1 aliphatic heterocycles. The Morgan fingerprint density at radius 2 is 1.64 bits per heavy atom. The molecule has 12 heteroatoms. The first-order valence-corrected chi connectivity index (χ1v) is 15.5. The van der Waals surface area contributed by atoms with Gasteiger partial charge in [0.05, 0.1) is 25.0 Å². The van der Waals surface area contributed by atoms with E-state index in [1.54, 1.807) is 11.8 Å². The summed E-state index contributed by atoms with van der Waals surface area (Å²) in [5, 5.41) is 47.0. The second-order valence-electron chi connectivity index (χ2n) is 11.8. The van der Waals surface area contributed by atoms with E-state index in [2.05, 4.69) is 61.6 Å². The number of carboxylic acid groups (broad SMARTS) is 3. The molecule has 1 aliphatic carbocycles. The lowest BCUT2D eigenvalue weighted by Crippen LogP contribution is -2.51. The molecule has 0 bridgehead atoms. The van der Waals surface area contributed by atoms with Crippen LogP contribution in [0.4, 0.5) is 0 Å².